The largest absolute Gasteiger partial charge is 0.494 e. The zero-order valence-electron chi connectivity index (χ0n) is 14.3. The Morgan fingerprint density at radius 3 is 2.76 bits per heavy atom. The summed E-state index contributed by atoms with van der Waals surface area (Å²) in [6.07, 6.45) is 2.90. The molecule has 0 bridgehead atoms. The average Bonchev–Trinajstić information content (AvgIpc) is 2.63. The van der Waals surface area contributed by atoms with Gasteiger partial charge >= 0.3 is 0 Å². The van der Waals surface area contributed by atoms with Gasteiger partial charge in [-0.05, 0) is 54.8 Å². The number of anilines is 1. The molecule has 3 rings (SSSR count). The van der Waals surface area contributed by atoms with Crippen molar-refractivity contribution in [1.82, 2.24) is 5.32 Å². The maximum Gasteiger partial charge on any atom is 0.255 e. The highest BCUT2D eigenvalue weighted by Gasteiger charge is 2.17. The first-order valence-corrected chi connectivity index (χ1v) is 8.62. The quantitative estimate of drug-likeness (QED) is 0.793. The number of rotatable bonds is 6. The van der Waals surface area contributed by atoms with Crippen molar-refractivity contribution < 1.29 is 14.3 Å². The van der Waals surface area contributed by atoms with E-state index in [1.54, 1.807) is 30.3 Å². The first kappa shape index (κ1) is 17.0. The average molecular weight is 338 g/mol. The summed E-state index contributed by atoms with van der Waals surface area (Å²) in [5.41, 5.74) is 2.80. The fraction of sp³-hybridized carbons (Fsp3) is 0.300. The maximum absolute atomic E-state index is 12.4. The van der Waals surface area contributed by atoms with Crippen molar-refractivity contribution in [3.05, 3.63) is 59.2 Å². The third-order valence-corrected chi connectivity index (χ3v) is 4.18. The van der Waals surface area contributed by atoms with Crippen LogP contribution in [0.15, 0.2) is 42.5 Å². The molecule has 2 N–H and O–H groups in total. The van der Waals surface area contributed by atoms with Crippen LogP contribution in [0.3, 0.4) is 0 Å². The molecule has 0 aliphatic carbocycles. The Bertz CT molecular complexity index is 769. The van der Waals surface area contributed by atoms with Gasteiger partial charge in [0.25, 0.3) is 11.8 Å². The number of hydrogen-bond acceptors (Lipinski definition) is 3. The van der Waals surface area contributed by atoms with Gasteiger partial charge in [0.15, 0.2) is 0 Å². The summed E-state index contributed by atoms with van der Waals surface area (Å²) < 4.78 is 5.60. The lowest BCUT2D eigenvalue weighted by Crippen LogP contribution is -2.31. The van der Waals surface area contributed by atoms with E-state index in [1.807, 2.05) is 12.1 Å². The van der Waals surface area contributed by atoms with Crippen LogP contribution in [0.2, 0.25) is 0 Å². The van der Waals surface area contributed by atoms with Crippen LogP contribution >= 0.6 is 0 Å². The number of benzene rings is 2. The molecular formula is C20H22N2O3. The fourth-order valence-electron chi connectivity index (χ4n) is 2.73. The number of hydrogen-bond donors (Lipinski definition) is 2. The van der Waals surface area contributed by atoms with E-state index >= 15 is 0 Å². The summed E-state index contributed by atoms with van der Waals surface area (Å²) in [4.78, 5) is 24.3. The van der Waals surface area contributed by atoms with Crippen molar-refractivity contribution in [2.24, 2.45) is 0 Å². The number of nitrogens with one attached hydrogen (secondary N) is 2. The zero-order valence-corrected chi connectivity index (χ0v) is 14.3. The van der Waals surface area contributed by atoms with E-state index < -0.39 is 0 Å². The molecule has 1 aliphatic heterocycles. The number of carbonyl (C=O) groups excluding carboxylic acids is 2. The molecule has 1 aliphatic rings. The summed E-state index contributed by atoms with van der Waals surface area (Å²) in [6.45, 7) is 3.45. The fourth-order valence-corrected chi connectivity index (χ4v) is 2.73. The Morgan fingerprint density at radius 2 is 2.00 bits per heavy atom. The van der Waals surface area contributed by atoms with E-state index in [-0.39, 0.29) is 11.8 Å². The van der Waals surface area contributed by atoms with Crippen LogP contribution in [-0.4, -0.2) is 25.0 Å². The molecule has 0 fully saturated rings. The third-order valence-electron chi connectivity index (χ3n) is 4.18. The highest BCUT2D eigenvalue weighted by molar-refractivity contribution is 6.05. The predicted molar refractivity (Wildman–Crippen MR) is 97.3 cm³/mol. The Hall–Kier alpha value is -2.82. The number of amides is 2. The molecule has 5 nitrogen and oxygen atoms in total. The number of ether oxygens (including phenoxy) is 1. The first-order chi connectivity index (χ1) is 12.2. The maximum atomic E-state index is 12.4. The van der Waals surface area contributed by atoms with Crippen molar-refractivity contribution in [3.8, 4) is 5.75 Å². The van der Waals surface area contributed by atoms with Gasteiger partial charge in [-0.25, -0.2) is 0 Å². The van der Waals surface area contributed by atoms with E-state index in [4.69, 9.17) is 4.74 Å². The molecule has 130 valence electrons. The van der Waals surface area contributed by atoms with Crippen molar-refractivity contribution >= 4 is 17.5 Å². The molecule has 0 unspecified atom stereocenters. The van der Waals surface area contributed by atoms with Gasteiger partial charge in [0.2, 0.25) is 0 Å². The van der Waals surface area contributed by atoms with E-state index in [0.717, 1.165) is 30.6 Å². The molecular weight excluding hydrogens is 316 g/mol. The standard InChI is InChI=1S/C20H22N2O3/c1-2-3-12-25-17-8-5-15(6-9-17)19(23)22-16-7-4-14-10-11-21-20(24)18(14)13-16/h4-9,13H,2-3,10-12H2,1H3,(H,21,24)(H,22,23). The van der Waals surface area contributed by atoms with Crippen LogP contribution in [0.25, 0.3) is 0 Å². The summed E-state index contributed by atoms with van der Waals surface area (Å²) in [5.74, 6) is 0.456. The van der Waals surface area contributed by atoms with Gasteiger partial charge in [0.1, 0.15) is 5.75 Å². The SMILES string of the molecule is CCCCOc1ccc(C(=O)Nc2ccc3c(c2)C(=O)NCC3)cc1. The van der Waals surface area contributed by atoms with Crippen molar-refractivity contribution in [2.75, 3.05) is 18.5 Å². The summed E-state index contributed by atoms with van der Waals surface area (Å²) in [6, 6.07) is 12.5. The van der Waals surface area contributed by atoms with Crippen LogP contribution in [0.5, 0.6) is 5.75 Å². The van der Waals surface area contributed by atoms with Gasteiger partial charge in [-0.3, -0.25) is 9.59 Å². The lowest BCUT2D eigenvalue weighted by Gasteiger charge is -2.17. The number of fused-ring (bicyclic) bond motifs is 1. The smallest absolute Gasteiger partial charge is 0.255 e. The summed E-state index contributed by atoms with van der Waals surface area (Å²) in [7, 11) is 0. The summed E-state index contributed by atoms with van der Waals surface area (Å²) in [5, 5.41) is 5.65. The molecule has 2 amide bonds. The molecule has 25 heavy (non-hydrogen) atoms. The molecule has 0 saturated carbocycles. The molecule has 2 aromatic carbocycles. The monoisotopic (exact) mass is 338 g/mol. The van der Waals surface area contributed by atoms with Crippen LogP contribution in [-0.2, 0) is 6.42 Å². The third kappa shape index (κ3) is 4.18. The molecule has 5 heteroatoms. The molecule has 0 radical (unpaired) electrons. The van der Waals surface area contributed by atoms with Gasteiger partial charge in [0.05, 0.1) is 6.61 Å². The number of unbranched alkanes of at least 4 members (excludes halogenated alkanes) is 1. The second kappa shape index (κ2) is 7.83. The first-order valence-electron chi connectivity index (χ1n) is 8.62. The molecule has 0 atom stereocenters. The Morgan fingerprint density at radius 1 is 1.20 bits per heavy atom. The topological polar surface area (TPSA) is 67.4 Å². The predicted octanol–water partition coefficient (Wildman–Crippen LogP) is 3.40. The molecule has 1 heterocycles. The second-order valence-corrected chi connectivity index (χ2v) is 6.06. The zero-order chi connectivity index (χ0) is 17.6. The van der Waals surface area contributed by atoms with Crippen molar-refractivity contribution in [2.45, 2.75) is 26.2 Å². The van der Waals surface area contributed by atoms with Crippen LogP contribution in [0.4, 0.5) is 5.69 Å². The van der Waals surface area contributed by atoms with Gasteiger partial charge in [-0.2, -0.15) is 0 Å². The van der Waals surface area contributed by atoms with Crippen molar-refractivity contribution in [3.63, 3.8) is 0 Å². The van der Waals surface area contributed by atoms with Crippen molar-refractivity contribution in [1.29, 1.82) is 0 Å². The van der Waals surface area contributed by atoms with Crippen LogP contribution in [0.1, 0.15) is 46.0 Å². The Balaban J connectivity index is 1.66. The van der Waals surface area contributed by atoms with Gasteiger partial charge in [-0.1, -0.05) is 19.4 Å². The normalized spacial score (nSPS) is 12.9. The highest BCUT2D eigenvalue weighted by atomic mass is 16.5. The lowest BCUT2D eigenvalue weighted by molar-refractivity contribution is 0.0944. The minimum Gasteiger partial charge on any atom is -0.494 e. The molecule has 0 spiro atoms. The molecule has 2 aromatic rings. The Kier molecular flexibility index (Phi) is 5.33. The minimum absolute atomic E-state index is 0.0917. The van der Waals surface area contributed by atoms with Crippen LogP contribution in [0, 0.1) is 0 Å². The van der Waals surface area contributed by atoms with Gasteiger partial charge < -0.3 is 15.4 Å². The number of carbonyl (C=O) groups is 2. The van der Waals surface area contributed by atoms with E-state index in [1.165, 1.54) is 0 Å². The lowest BCUT2D eigenvalue weighted by atomic mass is 10.00. The summed E-state index contributed by atoms with van der Waals surface area (Å²) >= 11 is 0. The minimum atomic E-state index is -0.212. The Labute approximate surface area is 147 Å². The van der Waals surface area contributed by atoms with Crippen LogP contribution < -0.4 is 15.4 Å². The van der Waals surface area contributed by atoms with Gasteiger partial charge in [0, 0.05) is 23.4 Å². The highest BCUT2D eigenvalue weighted by Crippen LogP contribution is 2.20. The molecule has 0 aromatic heterocycles. The van der Waals surface area contributed by atoms with E-state index in [0.29, 0.717) is 30.0 Å². The second-order valence-electron chi connectivity index (χ2n) is 6.06. The molecule has 0 saturated heterocycles. The van der Waals surface area contributed by atoms with Gasteiger partial charge in [-0.15, -0.1) is 0 Å². The van der Waals surface area contributed by atoms with E-state index in [2.05, 4.69) is 17.6 Å². The van der Waals surface area contributed by atoms with E-state index in [9.17, 15) is 9.59 Å².